The average Bonchev–Trinajstić information content (AvgIpc) is 3.35. The van der Waals surface area contributed by atoms with Crippen molar-refractivity contribution in [3.05, 3.63) is 89.5 Å². The predicted molar refractivity (Wildman–Crippen MR) is 125 cm³/mol. The van der Waals surface area contributed by atoms with E-state index in [2.05, 4.69) is 0 Å². The maximum absolute atomic E-state index is 14.2. The van der Waals surface area contributed by atoms with Gasteiger partial charge < -0.3 is 18.9 Å². The number of carbonyl (C=O) groups is 2. The van der Waals surface area contributed by atoms with E-state index in [0.717, 1.165) is 11.1 Å². The SMILES string of the molecule is CCOC(=O)[C@H]1C(=O)[C@H]2c3c(OC)cccc3O[C@@]2(c2ccc(OC)cc2)[C@@H]1c1ccccc1. The van der Waals surface area contributed by atoms with Crippen LogP contribution in [0.3, 0.4) is 0 Å². The minimum absolute atomic E-state index is 0.186. The Bertz CT molecular complexity index is 1220. The fourth-order valence-electron chi connectivity index (χ4n) is 5.56. The van der Waals surface area contributed by atoms with E-state index in [1.165, 1.54) is 0 Å². The van der Waals surface area contributed by atoms with Gasteiger partial charge in [0.1, 0.15) is 23.2 Å². The number of ether oxygens (including phenoxy) is 4. The van der Waals surface area contributed by atoms with Crippen molar-refractivity contribution in [2.24, 2.45) is 5.92 Å². The molecule has 4 atom stereocenters. The molecule has 0 radical (unpaired) electrons. The van der Waals surface area contributed by atoms with Crippen molar-refractivity contribution in [3.8, 4) is 17.2 Å². The molecule has 5 rings (SSSR count). The van der Waals surface area contributed by atoms with Crippen LogP contribution in [0.2, 0.25) is 0 Å². The molecular formula is C28H26O6. The van der Waals surface area contributed by atoms with E-state index in [9.17, 15) is 9.59 Å². The third kappa shape index (κ3) is 3.09. The molecule has 0 unspecified atom stereocenters. The van der Waals surface area contributed by atoms with Gasteiger partial charge in [-0.2, -0.15) is 0 Å². The van der Waals surface area contributed by atoms with Crippen LogP contribution in [-0.4, -0.2) is 32.6 Å². The topological polar surface area (TPSA) is 71.1 Å². The van der Waals surface area contributed by atoms with Gasteiger partial charge in [-0.1, -0.05) is 48.5 Å². The van der Waals surface area contributed by atoms with E-state index >= 15 is 0 Å². The number of fused-ring (bicyclic) bond motifs is 3. The van der Waals surface area contributed by atoms with E-state index in [1.54, 1.807) is 21.1 Å². The molecule has 1 heterocycles. The Hall–Kier alpha value is -3.80. The zero-order valence-electron chi connectivity index (χ0n) is 19.3. The second-order valence-electron chi connectivity index (χ2n) is 8.45. The number of esters is 1. The highest BCUT2D eigenvalue weighted by Gasteiger charge is 2.70. The Morgan fingerprint density at radius 3 is 2.32 bits per heavy atom. The summed E-state index contributed by atoms with van der Waals surface area (Å²) in [6, 6.07) is 22.6. The van der Waals surface area contributed by atoms with Gasteiger partial charge in [-0.15, -0.1) is 0 Å². The summed E-state index contributed by atoms with van der Waals surface area (Å²) in [5.74, 6) is -1.31. The first-order chi connectivity index (χ1) is 16.6. The van der Waals surface area contributed by atoms with Crippen molar-refractivity contribution in [2.45, 2.75) is 24.4 Å². The highest BCUT2D eigenvalue weighted by molar-refractivity contribution is 6.08. The second kappa shape index (κ2) is 8.52. The zero-order chi connectivity index (χ0) is 23.9. The van der Waals surface area contributed by atoms with Crippen LogP contribution in [0.5, 0.6) is 17.2 Å². The summed E-state index contributed by atoms with van der Waals surface area (Å²) in [7, 11) is 3.17. The molecule has 174 valence electrons. The Kier molecular flexibility index (Phi) is 5.52. The molecular weight excluding hydrogens is 432 g/mol. The number of hydrogen-bond donors (Lipinski definition) is 0. The van der Waals surface area contributed by atoms with Crippen molar-refractivity contribution in [2.75, 3.05) is 20.8 Å². The molecule has 1 aliphatic carbocycles. The van der Waals surface area contributed by atoms with Crippen LogP contribution in [0, 0.1) is 5.92 Å². The van der Waals surface area contributed by atoms with Crippen LogP contribution in [-0.2, 0) is 19.9 Å². The smallest absolute Gasteiger partial charge is 0.317 e. The lowest BCUT2D eigenvalue weighted by Gasteiger charge is -2.36. The van der Waals surface area contributed by atoms with Gasteiger partial charge in [0.05, 0.1) is 32.3 Å². The molecule has 1 saturated carbocycles. The second-order valence-corrected chi connectivity index (χ2v) is 8.45. The maximum atomic E-state index is 14.2. The van der Waals surface area contributed by atoms with Crippen LogP contribution in [0.15, 0.2) is 72.8 Å². The Morgan fingerprint density at radius 2 is 1.68 bits per heavy atom. The molecule has 1 aliphatic heterocycles. The van der Waals surface area contributed by atoms with Crippen molar-refractivity contribution < 1.29 is 28.5 Å². The largest absolute Gasteiger partial charge is 0.497 e. The number of Topliss-reactive ketones (excluding diaryl/α,β-unsaturated/α-hetero) is 1. The summed E-state index contributed by atoms with van der Waals surface area (Å²) in [6.07, 6.45) is 0. The van der Waals surface area contributed by atoms with Gasteiger partial charge in [-0.05, 0) is 42.3 Å². The summed E-state index contributed by atoms with van der Waals surface area (Å²) in [5.41, 5.74) is 1.13. The number of benzene rings is 3. The standard InChI is InChI=1S/C28H26O6/c1-4-33-27(30)23-24(17-9-6-5-7-10-17)28(18-13-15-19(31-2)16-14-18)25(26(23)29)22-20(32-3)11-8-12-21(22)34-28/h5-16,23-25H,4H2,1-3H3/t23-,24-,25-,28+/m1/s1. The van der Waals surface area contributed by atoms with Crippen LogP contribution >= 0.6 is 0 Å². The number of methoxy groups -OCH3 is 2. The van der Waals surface area contributed by atoms with Crippen LogP contribution in [0.25, 0.3) is 0 Å². The number of hydrogen-bond acceptors (Lipinski definition) is 6. The monoisotopic (exact) mass is 458 g/mol. The maximum Gasteiger partial charge on any atom is 0.317 e. The molecule has 6 heteroatoms. The van der Waals surface area contributed by atoms with Gasteiger partial charge in [0.25, 0.3) is 0 Å². The van der Waals surface area contributed by atoms with Crippen LogP contribution in [0.1, 0.15) is 35.4 Å². The molecule has 2 aliphatic rings. The Labute approximate surface area is 198 Å². The highest BCUT2D eigenvalue weighted by atomic mass is 16.5. The lowest BCUT2D eigenvalue weighted by molar-refractivity contribution is -0.151. The molecule has 3 aromatic carbocycles. The van der Waals surface area contributed by atoms with E-state index in [1.807, 2.05) is 72.8 Å². The average molecular weight is 459 g/mol. The molecule has 0 aromatic heterocycles. The quantitative estimate of drug-likeness (QED) is 0.397. The Morgan fingerprint density at radius 1 is 0.941 bits per heavy atom. The first-order valence-corrected chi connectivity index (χ1v) is 11.3. The van der Waals surface area contributed by atoms with Crippen LogP contribution in [0.4, 0.5) is 0 Å². The van der Waals surface area contributed by atoms with E-state index in [0.29, 0.717) is 22.8 Å². The van der Waals surface area contributed by atoms with Gasteiger partial charge in [0.2, 0.25) is 0 Å². The molecule has 0 amide bonds. The zero-order valence-corrected chi connectivity index (χ0v) is 19.3. The van der Waals surface area contributed by atoms with Crippen LogP contribution < -0.4 is 14.2 Å². The molecule has 34 heavy (non-hydrogen) atoms. The van der Waals surface area contributed by atoms with Gasteiger partial charge in [-0.25, -0.2) is 0 Å². The van der Waals surface area contributed by atoms with Crippen molar-refractivity contribution in [1.29, 1.82) is 0 Å². The first kappa shape index (κ1) is 22.0. The molecule has 0 bridgehead atoms. The first-order valence-electron chi connectivity index (χ1n) is 11.3. The minimum atomic E-state index is -1.15. The fourth-order valence-corrected chi connectivity index (χ4v) is 5.56. The van der Waals surface area contributed by atoms with Gasteiger partial charge in [-0.3, -0.25) is 9.59 Å². The van der Waals surface area contributed by atoms with E-state index in [4.69, 9.17) is 18.9 Å². The van der Waals surface area contributed by atoms with Crippen molar-refractivity contribution >= 4 is 11.8 Å². The third-order valence-electron chi connectivity index (χ3n) is 6.87. The normalized spacial score (nSPS) is 24.7. The summed E-state index contributed by atoms with van der Waals surface area (Å²) in [6.45, 7) is 1.93. The summed E-state index contributed by atoms with van der Waals surface area (Å²) < 4.78 is 23.2. The fraction of sp³-hybridized carbons (Fsp3) is 0.286. The van der Waals surface area contributed by atoms with Crippen molar-refractivity contribution in [1.82, 2.24) is 0 Å². The minimum Gasteiger partial charge on any atom is -0.497 e. The number of rotatable bonds is 6. The van der Waals surface area contributed by atoms with Gasteiger partial charge in [0, 0.05) is 5.92 Å². The highest BCUT2D eigenvalue weighted by Crippen LogP contribution is 2.66. The lowest BCUT2D eigenvalue weighted by Crippen LogP contribution is -2.39. The van der Waals surface area contributed by atoms with E-state index < -0.39 is 29.3 Å². The predicted octanol–water partition coefficient (Wildman–Crippen LogP) is 4.62. The lowest BCUT2D eigenvalue weighted by atomic mass is 9.73. The number of carbonyl (C=O) groups excluding carboxylic acids is 2. The van der Waals surface area contributed by atoms with Crippen molar-refractivity contribution in [3.63, 3.8) is 0 Å². The van der Waals surface area contributed by atoms with E-state index in [-0.39, 0.29) is 12.4 Å². The molecule has 0 spiro atoms. The molecule has 0 saturated heterocycles. The third-order valence-corrected chi connectivity index (χ3v) is 6.87. The Balaban J connectivity index is 1.81. The molecule has 6 nitrogen and oxygen atoms in total. The summed E-state index contributed by atoms with van der Waals surface area (Å²) in [4.78, 5) is 27.4. The molecule has 1 fully saturated rings. The van der Waals surface area contributed by atoms with Gasteiger partial charge in [0.15, 0.2) is 11.4 Å². The number of ketones is 1. The summed E-state index contributed by atoms with van der Waals surface area (Å²) in [5, 5.41) is 0. The molecule has 3 aromatic rings. The van der Waals surface area contributed by atoms with Gasteiger partial charge >= 0.3 is 5.97 Å². The summed E-state index contributed by atoms with van der Waals surface area (Å²) >= 11 is 0. The molecule has 0 N–H and O–H groups in total.